The number of rotatable bonds is 7. The van der Waals surface area contributed by atoms with Gasteiger partial charge in [-0.2, -0.15) is 0 Å². The molecule has 1 fully saturated rings. The fourth-order valence-corrected chi connectivity index (χ4v) is 3.38. The normalized spacial score (nSPS) is 15.7. The topological polar surface area (TPSA) is 32.3 Å². The van der Waals surface area contributed by atoms with Gasteiger partial charge in [-0.3, -0.25) is 9.69 Å². The molecule has 2 aromatic rings. The minimum atomic E-state index is 0.0523. The van der Waals surface area contributed by atoms with Crippen LogP contribution < -0.4 is 5.32 Å². The molecule has 1 aliphatic rings. The zero-order chi connectivity index (χ0) is 15.4. The van der Waals surface area contributed by atoms with Crippen LogP contribution in [-0.4, -0.2) is 23.4 Å². The van der Waals surface area contributed by atoms with E-state index in [4.69, 9.17) is 0 Å². The van der Waals surface area contributed by atoms with Crippen LogP contribution >= 0.6 is 11.3 Å². The molecule has 0 radical (unpaired) electrons. The third-order valence-electron chi connectivity index (χ3n) is 4.03. The summed E-state index contributed by atoms with van der Waals surface area (Å²) < 4.78 is 0. The highest BCUT2D eigenvalue weighted by Crippen LogP contribution is 2.28. The number of carbonyl (C=O) groups is 1. The van der Waals surface area contributed by atoms with E-state index in [1.807, 2.05) is 25.1 Å². The Bertz CT molecular complexity index is 593. The number of thiophene rings is 1. The molecular weight excluding hydrogens is 292 g/mol. The van der Waals surface area contributed by atoms with Crippen molar-refractivity contribution in [1.29, 1.82) is 0 Å². The van der Waals surface area contributed by atoms with Crippen molar-refractivity contribution in [2.24, 2.45) is 0 Å². The highest BCUT2D eigenvalue weighted by Gasteiger charge is 2.30. The average Bonchev–Trinajstić information content (AvgIpc) is 3.25. The van der Waals surface area contributed by atoms with Gasteiger partial charge in [-0.25, -0.2) is 0 Å². The van der Waals surface area contributed by atoms with E-state index >= 15 is 0 Å². The van der Waals surface area contributed by atoms with E-state index < -0.39 is 0 Å². The van der Waals surface area contributed by atoms with Crippen molar-refractivity contribution in [2.45, 2.75) is 38.4 Å². The van der Waals surface area contributed by atoms with E-state index in [1.165, 1.54) is 17.7 Å². The Morgan fingerprint density at radius 3 is 2.68 bits per heavy atom. The molecule has 3 nitrogen and oxygen atoms in total. The van der Waals surface area contributed by atoms with Gasteiger partial charge in [0.2, 0.25) is 5.91 Å². The Balaban J connectivity index is 1.55. The summed E-state index contributed by atoms with van der Waals surface area (Å²) in [6.45, 7) is 3.41. The number of hydrogen-bond acceptors (Lipinski definition) is 3. The predicted molar refractivity (Wildman–Crippen MR) is 90.8 cm³/mol. The minimum Gasteiger partial charge on any atom is -0.348 e. The van der Waals surface area contributed by atoms with Gasteiger partial charge in [0.15, 0.2) is 0 Å². The molecule has 1 aromatic heterocycles. The number of amides is 1. The molecule has 22 heavy (non-hydrogen) atoms. The third kappa shape index (κ3) is 4.18. The maximum atomic E-state index is 12.3. The molecule has 1 aliphatic carbocycles. The lowest BCUT2D eigenvalue weighted by molar-refractivity contribution is -0.123. The van der Waals surface area contributed by atoms with Crippen molar-refractivity contribution in [2.75, 3.05) is 6.54 Å². The highest BCUT2D eigenvalue weighted by molar-refractivity contribution is 7.09. The van der Waals surface area contributed by atoms with Gasteiger partial charge in [0.05, 0.1) is 12.6 Å². The smallest absolute Gasteiger partial charge is 0.234 e. The van der Waals surface area contributed by atoms with Crippen molar-refractivity contribution in [1.82, 2.24) is 10.2 Å². The molecule has 1 saturated carbocycles. The standard InChI is InChI=1S/C18H22N2OS/c1-14(15-6-3-2-4-7-15)19-18(21)13-20(16-9-10-16)12-17-8-5-11-22-17/h2-8,11,14,16H,9-10,12-13H2,1H3,(H,19,21). The van der Waals surface area contributed by atoms with Crippen LogP contribution in [0.15, 0.2) is 47.8 Å². The second-order valence-electron chi connectivity index (χ2n) is 5.92. The molecule has 1 unspecified atom stereocenters. The van der Waals surface area contributed by atoms with Gasteiger partial charge < -0.3 is 5.32 Å². The SMILES string of the molecule is CC(NC(=O)CN(Cc1cccs1)C1CC1)c1ccccc1. The lowest BCUT2D eigenvalue weighted by atomic mass is 10.1. The molecule has 0 saturated heterocycles. The molecule has 4 heteroatoms. The molecule has 1 aromatic carbocycles. The van der Waals surface area contributed by atoms with E-state index in [0.29, 0.717) is 12.6 Å². The second-order valence-corrected chi connectivity index (χ2v) is 6.95. The first-order chi connectivity index (χ1) is 10.7. The molecule has 116 valence electrons. The van der Waals surface area contributed by atoms with Gasteiger partial charge in [0.1, 0.15) is 0 Å². The van der Waals surface area contributed by atoms with Gasteiger partial charge in [-0.1, -0.05) is 36.4 Å². The van der Waals surface area contributed by atoms with Crippen LogP contribution in [0, 0.1) is 0 Å². The highest BCUT2D eigenvalue weighted by atomic mass is 32.1. The largest absolute Gasteiger partial charge is 0.348 e. The summed E-state index contributed by atoms with van der Waals surface area (Å²) in [6, 6.07) is 15.0. The number of nitrogens with zero attached hydrogens (tertiary/aromatic N) is 1. The van der Waals surface area contributed by atoms with Gasteiger partial charge in [0.25, 0.3) is 0 Å². The molecule has 3 rings (SSSR count). The summed E-state index contributed by atoms with van der Waals surface area (Å²) in [5.74, 6) is 0.111. The average molecular weight is 314 g/mol. The van der Waals surface area contributed by atoms with E-state index in [2.05, 4.69) is 39.9 Å². The van der Waals surface area contributed by atoms with Crippen LogP contribution in [0.4, 0.5) is 0 Å². The van der Waals surface area contributed by atoms with Crippen LogP contribution in [0.1, 0.15) is 36.2 Å². The Kier molecular flexibility index (Phi) is 4.90. The van der Waals surface area contributed by atoms with Crippen LogP contribution in [0.25, 0.3) is 0 Å². The molecule has 1 atom stereocenters. The Morgan fingerprint density at radius 2 is 2.05 bits per heavy atom. The van der Waals surface area contributed by atoms with Crippen molar-refractivity contribution >= 4 is 17.2 Å². The van der Waals surface area contributed by atoms with Crippen LogP contribution in [0.3, 0.4) is 0 Å². The Morgan fingerprint density at radius 1 is 1.27 bits per heavy atom. The maximum Gasteiger partial charge on any atom is 0.234 e. The quantitative estimate of drug-likeness (QED) is 0.847. The fourth-order valence-electron chi connectivity index (χ4n) is 2.65. The molecule has 0 spiro atoms. The number of hydrogen-bond donors (Lipinski definition) is 1. The zero-order valence-corrected chi connectivity index (χ0v) is 13.7. The van der Waals surface area contributed by atoms with Gasteiger partial charge in [-0.15, -0.1) is 11.3 Å². The summed E-state index contributed by atoms with van der Waals surface area (Å²) in [6.07, 6.45) is 2.43. The molecule has 1 amide bonds. The molecule has 0 aliphatic heterocycles. The minimum absolute atomic E-state index is 0.0523. The predicted octanol–water partition coefficient (Wildman–Crippen LogP) is 3.59. The van der Waals surface area contributed by atoms with E-state index in [9.17, 15) is 4.79 Å². The van der Waals surface area contributed by atoms with Crippen molar-refractivity contribution in [3.63, 3.8) is 0 Å². The lowest BCUT2D eigenvalue weighted by Crippen LogP contribution is -2.39. The fraction of sp³-hybridized carbons (Fsp3) is 0.389. The molecular formula is C18H22N2OS. The number of nitrogens with one attached hydrogen (secondary N) is 1. The molecule has 0 bridgehead atoms. The Labute approximate surface area is 136 Å². The zero-order valence-electron chi connectivity index (χ0n) is 12.9. The van der Waals surface area contributed by atoms with Gasteiger partial charge >= 0.3 is 0 Å². The van der Waals surface area contributed by atoms with E-state index in [-0.39, 0.29) is 11.9 Å². The summed E-state index contributed by atoms with van der Waals surface area (Å²) in [5, 5.41) is 5.21. The first-order valence-electron chi connectivity index (χ1n) is 7.83. The summed E-state index contributed by atoms with van der Waals surface area (Å²) in [5.41, 5.74) is 1.15. The van der Waals surface area contributed by atoms with Crippen molar-refractivity contribution < 1.29 is 4.79 Å². The van der Waals surface area contributed by atoms with Crippen LogP contribution in [-0.2, 0) is 11.3 Å². The number of carbonyl (C=O) groups excluding carboxylic acids is 1. The van der Waals surface area contributed by atoms with Crippen LogP contribution in [0.2, 0.25) is 0 Å². The molecule has 1 N–H and O–H groups in total. The summed E-state index contributed by atoms with van der Waals surface area (Å²) in [4.78, 5) is 16.0. The summed E-state index contributed by atoms with van der Waals surface area (Å²) >= 11 is 1.76. The van der Waals surface area contributed by atoms with Crippen molar-refractivity contribution in [3.8, 4) is 0 Å². The number of benzene rings is 1. The monoisotopic (exact) mass is 314 g/mol. The van der Waals surface area contributed by atoms with Crippen LogP contribution in [0.5, 0.6) is 0 Å². The Hall–Kier alpha value is -1.65. The molecule has 1 heterocycles. The van der Waals surface area contributed by atoms with Gasteiger partial charge in [0, 0.05) is 17.5 Å². The van der Waals surface area contributed by atoms with Crippen molar-refractivity contribution in [3.05, 3.63) is 58.3 Å². The summed E-state index contributed by atoms with van der Waals surface area (Å²) in [7, 11) is 0. The first kappa shape index (κ1) is 15.3. The van der Waals surface area contributed by atoms with E-state index in [0.717, 1.165) is 12.1 Å². The first-order valence-corrected chi connectivity index (χ1v) is 8.71. The second kappa shape index (κ2) is 7.07. The lowest BCUT2D eigenvalue weighted by Gasteiger charge is -2.22. The third-order valence-corrected chi connectivity index (χ3v) is 4.89. The maximum absolute atomic E-state index is 12.3. The van der Waals surface area contributed by atoms with E-state index in [1.54, 1.807) is 11.3 Å². The van der Waals surface area contributed by atoms with Gasteiger partial charge in [-0.05, 0) is 36.8 Å².